The molecule has 0 saturated carbocycles. The molecule has 1 heterocycles. The number of anilines is 1. The van der Waals surface area contributed by atoms with Gasteiger partial charge in [0.05, 0.1) is 28.5 Å². The van der Waals surface area contributed by atoms with Crippen LogP contribution in [0.3, 0.4) is 0 Å². The lowest BCUT2D eigenvalue weighted by Crippen LogP contribution is -2.29. The number of nitrogens with zero attached hydrogens (tertiary/aromatic N) is 2. The molecule has 0 spiro atoms. The van der Waals surface area contributed by atoms with Crippen molar-refractivity contribution in [3.05, 3.63) is 34.5 Å². The normalized spacial score (nSPS) is 11.4. The molecule has 1 aromatic carbocycles. The van der Waals surface area contributed by atoms with E-state index in [1.807, 2.05) is 0 Å². The lowest BCUT2D eigenvalue weighted by Gasteiger charge is -2.19. The molecule has 2 rings (SSSR count). The number of fused-ring (bicyclic) bond motifs is 1. The average molecular weight is 291 g/mol. The predicted octanol–water partition coefficient (Wildman–Crippen LogP) is 2.33. The van der Waals surface area contributed by atoms with E-state index in [0.29, 0.717) is 22.3 Å². The van der Waals surface area contributed by atoms with E-state index in [2.05, 4.69) is 10.3 Å². The van der Waals surface area contributed by atoms with Crippen molar-refractivity contribution >= 4 is 22.3 Å². The van der Waals surface area contributed by atoms with Gasteiger partial charge in [0.15, 0.2) is 0 Å². The molecule has 7 nitrogen and oxygen atoms in total. The van der Waals surface area contributed by atoms with E-state index in [1.165, 1.54) is 13.3 Å². The van der Waals surface area contributed by atoms with Gasteiger partial charge in [-0.1, -0.05) is 6.07 Å². The van der Waals surface area contributed by atoms with Crippen LogP contribution in [0.2, 0.25) is 0 Å². The molecule has 0 aliphatic heterocycles. The maximum absolute atomic E-state index is 11.2. The number of hydrogen-bond acceptors (Lipinski definition) is 6. The Balaban J connectivity index is 2.66. The van der Waals surface area contributed by atoms with Gasteiger partial charge in [0, 0.05) is 6.54 Å². The van der Waals surface area contributed by atoms with Crippen molar-refractivity contribution < 1.29 is 14.8 Å². The van der Waals surface area contributed by atoms with Crippen LogP contribution in [0.15, 0.2) is 24.4 Å². The highest BCUT2D eigenvalue weighted by atomic mass is 16.6. The first-order chi connectivity index (χ1) is 9.83. The smallest absolute Gasteiger partial charge is 0.311 e. The van der Waals surface area contributed by atoms with Crippen molar-refractivity contribution in [3.63, 3.8) is 0 Å². The van der Waals surface area contributed by atoms with Gasteiger partial charge in [-0.3, -0.25) is 10.1 Å². The predicted molar refractivity (Wildman–Crippen MR) is 79.7 cm³/mol. The number of nitro groups is 1. The van der Waals surface area contributed by atoms with Gasteiger partial charge in [-0.15, -0.1) is 0 Å². The van der Waals surface area contributed by atoms with E-state index in [4.69, 9.17) is 4.74 Å². The largest absolute Gasteiger partial charge is 0.496 e. The van der Waals surface area contributed by atoms with Crippen LogP contribution in [0.4, 0.5) is 11.4 Å². The number of hydrogen-bond donors (Lipinski definition) is 2. The summed E-state index contributed by atoms with van der Waals surface area (Å²) in [6.45, 7) is 3.39. The summed E-state index contributed by atoms with van der Waals surface area (Å²) in [5, 5.41) is 24.5. The molecule has 2 aromatic rings. The first kappa shape index (κ1) is 15.0. The fraction of sp³-hybridized carbons (Fsp3) is 0.357. The van der Waals surface area contributed by atoms with Crippen LogP contribution >= 0.6 is 0 Å². The van der Waals surface area contributed by atoms with E-state index < -0.39 is 10.5 Å². The zero-order valence-corrected chi connectivity index (χ0v) is 12.1. The molecule has 1 aromatic heterocycles. The molecular weight excluding hydrogens is 274 g/mol. The average Bonchev–Trinajstić information content (AvgIpc) is 2.42. The van der Waals surface area contributed by atoms with Crippen LogP contribution < -0.4 is 10.1 Å². The van der Waals surface area contributed by atoms with Gasteiger partial charge in [0.25, 0.3) is 0 Å². The standard InChI is InChI=1S/C14H17N3O4/c1-14(2,18)8-16-13-10(17(19)20)7-15-9-5-4-6-11(21-3)12(9)13/h4-7,18H,8H2,1-3H3,(H,15,16). The fourth-order valence-corrected chi connectivity index (χ4v) is 1.99. The number of pyridine rings is 1. The molecule has 7 heteroatoms. The zero-order chi connectivity index (χ0) is 15.6. The first-order valence-electron chi connectivity index (χ1n) is 6.40. The lowest BCUT2D eigenvalue weighted by atomic mass is 10.1. The van der Waals surface area contributed by atoms with Gasteiger partial charge < -0.3 is 15.2 Å². The molecule has 0 aliphatic carbocycles. The number of ether oxygens (including phenoxy) is 1. The summed E-state index contributed by atoms with van der Waals surface area (Å²) in [4.78, 5) is 14.8. The summed E-state index contributed by atoms with van der Waals surface area (Å²) in [6.07, 6.45) is 1.20. The van der Waals surface area contributed by atoms with E-state index in [1.54, 1.807) is 32.0 Å². The summed E-state index contributed by atoms with van der Waals surface area (Å²) in [5.74, 6) is 0.488. The van der Waals surface area contributed by atoms with E-state index in [9.17, 15) is 15.2 Å². The van der Waals surface area contributed by atoms with Gasteiger partial charge in [0.2, 0.25) is 0 Å². The molecular formula is C14H17N3O4. The van der Waals surface area contributed by atoms with Gasteiger partial charge in [-0.05, 0) is 26.0 Å². The van der Waals surface area contributed by atoms with E-state index in [-0.39, 0.29) is 12.2 Å². The highest BCUT2D eigenvalue weighted by Crippen LogP contribution is 2.37. The Hall–Kier alpha value is -2.41. The maximum atomic E-state index is 11.2. The second-order valence-electron chi connectivity index (χ2n) is 5.30. The summed E-state index contributed by atoms with van der Waals surface area (Å²) >= 11 is 0. The Labute approximate surface area is 121 Å². The Morgan fingerprint density at radius 1 is 1.48 bits per heavy atom. The number of benzene rings is 1. The molecule has 112 valence electrons. The molecule has 0 unspecified atom stereocenters. The minimum Gasteiger partial charge on any atom is -0.496 e. The number of rotatable bonds is 5. The van der Waals surface area contributed by atoms with Crippen molar-refractivity contribution in [3.8, 4) is 5.75 Å². The second-order valence-corrected chi connectivity index (χ2v) is 5.30. The second kappa shape index (κ2) is 5.53. The molecule has 0 amide bonds. The lowest BCUT2D eigenvalue weighted by molar-refractivity contribution is -0.384. The molecule has 0 radical (unpaired) electrons. The van der Waals surface area contributed by atoms with E-state index >= 15 is 0 Å². The third-order valence-electron chi connectivity index (χ3n) is 2.95. The molecule has 0 aliphatic rings. The quantitative estimate of drug-likeness (QED) is 0.648. The summed E-state index contributed by atoms with van der Waals surface area (Å²) in [7, 11) is 1.49. The van der Waals surface area contributed by atoms with Crippen LogP contribution in [0.25, 0.3) is 10.9 Å². The molecule has 0 saturated heterocycles. The van der Waals surface area contributed by atoms with E-state index in [0.717, 1.165) is 0 Å². The maximum Gasteiger partial charge on any atom is 0.311 e. The van der Waals surface area contributed by atoms with Crippen molar-refractivity contribution in [2.24, 2.45) is 0 Å². The van der Waals surface area contributed by atoms with Gasteiger partial charge in [-0.2, -0.15) is 0 Å². The molecule has 21 heavy (non-hydrogen) atoms. The number of aliphatic hydroxyl groups is 1. The van der Waals surface area contributed by atoms with Crippen molar-refractivity contribution in [2.75, 3.05) is 19.0 Å². The topological polar surface area (TPSA) is 97.5 Å². The molecule has 0 fully saturated rings. The third-order valence-corrected chi connectivity index (χ3v) is 2.95. The zero-order valence-electron chi connectivity index (χ0n) is 12.1. The van der Waals surface area contributed by atoms with Crippen molar-refractivity contribution in [1.29, 1.82) is 0 Å². The van der Waals surface area contributed by atoms with Crippen molar-refractivity contribution in [1.82, 2.24) is 4.98 Å². The first-order valence-corrected chi connectivity index (χ1v) is 6.40. The van der Waals surface area contributed by atoms with Crippen LogP contribution in [0, 0.1) is 10.1 Å². The number of aromatic nitrogens is 1. The SMILES string of the molecule is COc1cccc2ncc([N+](=O)[O-])c(NCC(C)(C)O)c12. The van der Waals surface area contributed by atoms with Crippen LogP contribution in [0.5, 0.6) is 5.75 Å². The van der Waals surface area contributed by atoms with Crippen LogP contribution in [-0.2, 0) is 0 Å². The highest BCUT2D eigenvalue weighted by molar-refractivity contribution is 6.00. The molecule has 0 bridgehead atoms. The number of nitrogens with one attached hydrogen (secondary N) is 1. The number of methoxy groups -OCH3 is 1. The summed E-state index contributed by atoms with van der Waals surface area (Å²) < 4.78 is 5.27. The summed E-state index contributed by atoms with van der Waals surface area (Å²) in [6, 6.07) is 5.22. The minimum absolute atomic E-state index is 0.156. The van der Waals surface area contributed by atoms with Gasteiger partial charge in [-0.25, -0.2) is 4.98 Å². The third kappa shape index (κ3) is 3.19. The Kier molecular flexibility index (Phi) is 3.95. The highest BCUT2D eigenvalue weighted by Gasteiger charge is 2.22. The van der Waals surface area contributed by atoms with Gasteiger partial charge >= 0.3 is 5.69 Å². The summed E-state index contributed by atoms with van der Waals surface area (Å²) in [5.41, 5.74) is -0.287. The van der Waals surface area contributed by atoms with Crippen LogP contribution in [0.1, 0.15) is 13.8 Å². The monoisotopic (exact) mass is 291 g/mol. The Bertz CT molecular complexity index is 680. The van der Waals surface area contributed by atoms with Crippen molar-refractivity contribution in [2.45, 2.75) is 19.4 Å². The van der Waals surface area contributed by atoms with Gasteiger partial charge in [0.1, 0.15) is 17.6 Å². The minimum atomic E-state index is -1.01. The fourth-order valence-electron chi connectivity index (χ4n) is 1.99. The Morgan fingerprint density at radius 3 is 2.76 bits per heavy atom. The van der Waals surface area contributed by atoms with Crippen LogP contribution in [-0.4, -0.2) is 34.3 Å². The molecule has 2 N–H and O–H groups in total. The molecule has 0 atom stereocenters. The Morgan fingerprint density at radius 2 is 2.19 bits per heavy atom.